The highest BCUT2D eigenvalue weighted by atomic mass is 79.9. The number of rotatable bonds is 2. The minimum atomic E-state index is -0.0793. The van der Waals surface area contributed by atoms with E-state index in [4.69, 9.17) is 0 Å². The molecule has 70 valence electrons. The standard InChI is InChI=1S/C9H11BrN2O/c10-7-5-11-8(12-9(7)13)4-6-2-1-3-6/h5-6H,1-4H2,(H,11,12,13). The Bertz CT molecular complexity index is 357. The summed E-state index contributed by atoms with van der Waals surface area (Å²) >= 11 is 3.12. The predicted octanol–water partition coefficient (Wildman–Crippen LogP) is 1.88. The molecule has 3 nitrogen and oxygen atoms in total. The van der Waals surface area contributed by atoms with Gasteiger partial charge in [0, 0.05) is 12.6 Å². The van der Waals surface area contributed by atoms with Crippen molar-refractivity contribution in [2.45, 2.75) is 25.7 Å². The molecule has 0 amide bonds. The van der Waals surface area contributed by atoms with Crippen molar-refractivity contribution in [2.24, 2.45) is 5.92 Å². The predicted molar refractivity (Wildman–Crippen MR) is 53.6 cm³/mol. The van der Waals surface area contributed by atoms with Crippen LogP contribution in [0.4, 0.5) is 0 Å². The van der Waals surface area contributed by atoms with Crippen molar-refractivity contribution < 1.29 is 0 Å². The van der Waals surface area contributed by atoms with Crippen molar-refractivity contribution in [3.05, 3.63) is 26.8 Å². The third-order valence-corrected chi connectivity index (χ3v) is 3.08. The summed E-state index contributed by atoms with van der Waals surface area (Å²) < 4.78 is 0.504. The van der Waals surface area contributed by atoms with E-state index in [1.807, 2.05) is 0 Å². The summed E-state index contributed by atoms with van der Waals surface area (Å²) in [4.78, 5) is 18.1. The van der Waals surface area contributed by atoms with Crippen molar-refractivity contribution in [3.63, 3.8) is 0 Å². The van der Waals surface area contributed by atoms with Crippen molar-refractivity contribution in [1.29, 1.82) is 0 Å². The maximum Gasteiger partial charge on any atom is 0.265 e. The van der Waals surface area contributed by atoms with Gasteiger partial charge in [-0.1, -0.05) is 19.3 Å². The van der Waals surface area contributed by atoms with Crippen LogP contribution in [0.25, 0.3) is 0 Å². The molecule has 0 aliphatic heterocycles. The highest BCUT2D eigenvalue weighted by Crippen LogP contribution is 2.28. The SMILES string of the molecule is O=c1[nH]c(CC2CCC2)ncc1Br. The van der Waals surface area contributed by atoms with Crippen LogP contribution in [-0.2, 0) is 6.42 Å². The molecule has 4 heteroatoms. The minimum Gasteiger partial charge on any atom is -0.310 e. The van der Waals surface area contributed by atoms with Gasteiger partial charge in [-0.05, 0) is 21.8 Å². The van der Waals surface area contributed by atoms with E-state index < -0.39 is 0 Å². The number of hydrogen-bond acceptors (Lipinski definition) is 2. The molecular weight excluding hydrogens is 232 g/mol. The zero-order valence-electron chi connectivity index (χ0n) is 7.22. The van der Waals surface area contributed by atoms with Gasteiger partial charge in [0.15, 0.2) is 0 Å². The van der Waals surface area contributed by atoms with Gasteiger partial charge in [-0.15, -0.1) is 0 Å². The van der Waals surface area contributed by atoms with E-state index in [0.717, 1.165) is 18.2 Å². The Morgan fingerprint density at radius 3 is 2.92 bits per heavy atom. The van der Waals surface area contributed by atoms with Crippen LogP contribution in [0, 0.1) is 5.92 Å². The van der Waals surface area contributed by atoms with E-state index in [1.54, 1.807) is 6.20 Å². The average Bonchev–Trinajstić information content (AvgIpc) is 2.04. The molecule has 0 unspecified atom stereocenters. The number of aromatic amines is 1. The second kappa shape index (κ2) is 3.62. The summed E-state index contributed by atoms with van der Waals surface area (Å²) in [6.07, 6.45) is 6.38. The molecular formula is C9H11BrN2O. The second-order valence-electron chi connectivity index (χ2n) is 3.51. The van der Waals surface area contributed by atoms with E-state index >= 15 is 0 Å². The van der Waals surface area contributed by atoms with E-state index in [-0.39, 0.29) is 5.56 Å². The molecule has 13 heavy (non-hydrogen) atoms. The Balaban J connectivity index is 2.12. The molecule has 0 spiro atoms. The maximum absolute atomic E-state index is 11.2. The molecule has 2 rings (SSSR count). The van der Waals surface area contributed by atoms with Crippen LogP contribution in [0.3, 0.4) is 0 Å². The summed E-state index contributed by atoms with van der Waals surface area (Å²) in [6.45, 7) is 0. The zero-order valence-corrected chi connectivity index (χ0v) is 8.80. The van der Waals surface area contributed by atoms with Gasteiger partial charge in [0.25, 0.3) is 5.56 Å². The summed E-state index contributed by atoms with van der Waals surface area (Å²) in [6, 6.07) is 0. The van der Waals surface area contributed by atoms with Crippen LogP contribution in [0.15, 0.2) is 15.5 Å². The largest absolute Gasteiger partial charge is 0.310 e. The van der Waals surface area contributed by atoms with Crippen molar-refractivity contribution >= 4 is 15.9 Å². The lowest BCUT2D eigenvalue weighted by molar-refractivity contribution is 0.309. The maximum atomic E-state index is 11.2. The highest BCUT2D eigenvalue weighted by Gasteiger charge is 2.18. The Hall–Kier alpha value is -0.640. The molecule has 1 saturated carbocycles. The summed E-state index contributed by atoms with van der Waals surface area (Å²) in [5, 5.41) is 0. The van der Waals surface area contributed by atoms with Gasteiger partial charge >= 0.3 is 0 Å². The summed E-state index contributed by atoms with van der Waals surface area (Å²) in [7, 11) is 0. The monoisotopic (exact) mass is 242 g/mol. The number of aromatic nitrogens is 2. The van der Waals surface area contributed by atoms with E-state index in [0.29, 0.717) is 4.47 Å². The second-order valence-corrected chi connectivity index (χ2v) is 4.36. The molecule has 1 fully saturated rings. The first kappa shape index (κ1) is 8.94. The number of hydrogen-bond donors (Lipinski definition) is 1. The van der Waals surface area contributed by atoms with Gasteiger partial charge in [0.05, 0.1) is 0 Å². The van der Waals surface area contributed by atoms with E-state index in [9.17, 15) is 4.79 Å². The lowest BCUT2D eigenvalue weighted by Gasteiger charge is -2.24. The molecule has 0 aromatic carbocycles. The summed E-state index contributed by atoms with van der Waals surface area (Å²) in [5.41, 5.74) is -0.0793. The van der Waals surface area contributed by atoms with Crippen LogP contribution in [0.2, 0.25) is 0 Å². The van der Waals surface area contributed by atoms with Crippen LogP contribution in [-0.4, -0.2) is 9.97 Å². The lowest BCUT2D eigenvalue weighted by Crippen LogP contribution is -2.18. The first-order chi connectivity index (χ1) is 6.25. The fourth-order valence-electron chi connectivity index (χ4n) is 1.49. The normalized spacial score (nSPS) is 17.0. The molecule has 1 aliphatic rings. The highest BCUT2D eigenvalue weighted by molar-refractivity contribution is 9.10. The van der Waals surface area contributed by atoms with Crippen LogP contribution in [0.1, 0.15) is 25.1 Å². The van der Waals surface area contributed by atoms with Crippen molar-refractivity contribution in [1.82, 2.24) is 9.97 Å². The van der Waals surface area contributed by atoms with Crippen molar-refractivity contribution in [2.75, 3.05) is 0 Å². The van der Waals surface area contributed by atoms with Crippen LogP contribution in [0.5, 0.6) is 0 Å². The number of nitrogens with zero attached hydrogens (tertiary/aromatic N) is 1. The van der Waals surface area contributed by atoms with E-state index in [1.165, 1.54) is 19.3 Å². The molecule has 1 aromatic heterocycles. The number of H-pyrrole nitrogens is 1. The molecule has 0 bridgehead atoms. The molecule has 1 heterocycles. The lowest BCUT2D eigenvalue weighted by atomic mass is 9.83. The smallest absolute Gasteiger partial charge is 0.265 e. The minimum absolute atomic E-state index is 0.0793. The molecule has 0 radical (unpaired) electrons. The third kappa shape index (κ3) is 1.99. The molecule has 0 atom stereocenters. The van der Waals surface area contributed by atoms with Gasteiger partial charge in [-0.3, -0.25) is 4.79 Å². The Labute approximate surface area is 84.7 Å². The molecule has 1 aliphatic carbocycles. The van der Waals surface area contributed by atoms with E-state index in [2.05, 4.69) is 25.9 Å². The number of nitrogens with one attached hydrogen (secondary N) is 1. The third-order valence-electron chi connectivity index (χ3n) is 2.52. The average molecular weight is 243 g/mol. The first-order valence-corrected chi connectivity index (χ1v) is 5.28. The van der Waals surface area contributed by atoms with Gasteiger partial charge in [0.1, 0.15) is 10.3 Å². The Kier molecular flexibility index (Phi) is 2.49. The summed E-state index contributed by atoms with van der Waals surface area (Å²) in [5.74, 6) is 1.56. The van der Waals surface area contributed by atoms with Gasteiger partial charge in [0.2, 0.25) is 0 Å². The quantitative estimate of drug-likeness (QED) is 0.861. The van der Waals surface area contributed by atoms with Gasteiger partial charge < -0.3 is 4.98 Å². The first-order valence-electron chi connectivity index (χ1n) is 4.49. The van der Waals surface area contributed by atoms with Gasteiger partial charge in [-0.2, -0.15) is 0 Å². The van der Waals surface area contributed by atoms with Crippen LogP contribution < -0.4 is 5.56 Å². The molecule has 1 N–H and O–H groups in total. The van der Waals surface area contributed by atoms with Crippen molar-refractivity contribution in [3.8, 4) is 0 Å². The zero-order chi connectivity index (χ0) is 9.26. The topological polar surface area (TPSA) is 45.8 Å². The Morgan fingerprint density at radius 1 is 1.62 bits per heavy atom. The number of halogens is 1. The fourth-order valence-corrected chi connectivity index (χ4v) is 1.69. The van der Waals surface area contributed by atoms with Crippen LogP contribution >= 0.6 is 15.9 Å². The molecule has 1 aromatic rings. The Morgan fingerprint density at radius 2 is 2.38 bits per heavy atom. The molecule has 0 saturated heterocycles. The fraction of sp³-hybridized carbons (Fsp3) is 0.556. The van der Waals surface area contributed by atoms with Gasteiger partial charge in [-0.25, -0.2) is 4.98 Å².